The number of carbonyl (C=O) groups is 3. The molecule has 1 aromatic carbocycles. The van der Waals surface area contributed by atoms with Gasteiger partial charge in [-0.2, -0.15) is 28.6 Å². The van der Waals surface area contributed by atoms with Gasteiger partial charge in [-0.15, -0.1) is 0 Å². The molecule has 0 atom stereocenters. The first kappa shape index (κ1) is 29.0. The first-order chi connectivity index (χ1) is 19.8. The van der Waals surface area contributed by atoms with E-state index in [4.69, 9.17) is 4.74 Å². The third-order valence-electron chi connectivity index (χ3n) is 7.30. The van der Waals surface area contributed by atoms with Crippen molar-refractivity contribution < 1.29 is 32.3 Å². The van der Waals surface area contributed by atoms with Crippen LogP contribution in [-0.4, -0.2) is 74.3 Å². The highest BCUT2D eigenvalue weighted by atomic mass is 19.4. The Kier molecular flexibility index (Phi) is 7.64. The van der Waals surface area contributed by atoms with Gasteiger partial charge in [0.25, 0.3) is 5.91 Å². The second-order valence-electron chi connectivity index (χ2n) is 11.4. The molecule has 0 fully saturated rings. The van der Waals surface area contributed by atoms with Crippen LogP contribution in [0, 0.1) is 5.41 Å². The quantitative estimate of drug-likeness (QED) is 0.430. The predicted octanol–water partition coefficient (Wildman–Crippen LogP) is 4.54. The summed E-state index contributed by atoms with van der Waals surface area (Å²) in [5.74, 6) is -0.609. The Morgan fingerprint density at radius 3 is 2.33 bits per heavy atom. The average Bonchev–Trinajstić information content (AvgIpc) is 3.42. The smallest absolute Gasteiger partial charge is 0.417 e. The zero-order valence-corrected chi connectivity index (χ0v) is 23.3. The summed E-state index contributed by atoms with van der Waals surface area (Å²) in [5, 5.41) is 13.1. The Morgan fingerprint density at radius 2 is 1.64 bits per heavy atom. The molecule has 0 spiro atoms. The highest BCUT2D eigenvalue weighted by molar-refractivity contribution is 5.97. The summed E-state index contributed by atoms with van der Waals surface area (Å²) in [7, 11) is 0. The van der Waals surface area contributed by atoms with E-state index in [9.17, 15) is 27.6 Å². The number of anilines is 1. The lowest BCUT2D eigenvalue weighted by molar-refractivity contribution is -0.137. The van der Waals surface area contributed by atoms with Crippen molar-refractivity contribution in [2.75, 3.05) is 31.5 Å². The van der Waals surface area contributed by atoms with Crippen molar-refractivity contribution in [1.29, 1.82) is 0 Å². The van der Waals surface area contributed by atoms with Gasteiger partial charge < -0.3 is 19.9 Å². The van der Waals surface area contributed by atoms with E-state index in [0.29, 0.717) is 61.8 Å². The maximum Gasteiger partial charge on any atom is 0.417 e. The molecule has 14 heteroatoms. The number of ether oxygens (including phenoxy) is 1. The molecule has 0 unspecified atom stereocenters. The summed E-state index contributed by atoms with van der Waals surface area (Å²) in [6.45, 7) is 6.09. The van der Waals surface area contributed by atoms with Crippen molar-refractivity contribution in [3.05, 3.63) is 58.4 Å². The van der Waals surface area contributed by atoms with Crippen molar-refractivity contribution in [2.24, 2.45) is 5.41 Å². The Morgan fingerprint density at radius 1 is 0.976 bits per heavy atom. The summed E-state index contributed by atoms with van der Waals surface area (Å²) in [6.07, 6.45) is -3.50. The maximum absolute atomic E-state index is 13.3. The lowest BCUT2D eigenvalue weighted by Gasteiger charge is -2.37. The minimum atomic E-state index is -4.66. The van der Waals surface area contributed by atoms with E-state index in [-0.39, 0.29) is 17.3 Å². The summed E-state index contributed by atoms with van der Waals surface area (Å²) in [4.78, 5) is 45.7. The van der Waals surface area contributed by atoms with Crippen molar-refractivity contribution in [1.82, 2.24) is 30.2 Å². The molecule has 222 valence electrons. The zero-order valence-electron chi connectivity index (χ0n) is 23.3. The first-order valence-corrected chi connectivity index (χ1v) is 13.4. The molecule has 0 saturated carbocycles. The molecule has 2 aliphatic heterocycles. The number of aromatic nitrogens is 4. The van der Waals surface area contributed by atoms with Crippen LogP contribution in [0.5, 0.6) is 0 Å². The van der Waals surface area contributed by atoms with Gasteiger partial charge >= 0.3 is 12.3 Å². The molecular weight excluding hydrogens is 555 g/mol. The van der Waals surface area contributed by atoms with E-state index < -0.39 is 35.8 Å². The van der Waals surface area contributed by atoms with Crippen LogP contribution in [0.3, 0.4) is 0 Å². The van der Waals surface area contributed by atoms with Crippen LogP contribution < -0.4 is 5.32 Å². The van der Waals surface area contributed by atoms with E-state index in [2.05, 4.69) is 25.7 Å². The standard InChI is InChI=1S/C28H30F3N7O4/c1-27(2,3)25(40)33-21-11-19(28(29,30)31)12-32-23(21)15-42-26(41)38-9-7-17-13-37(8-6-18(17)14-38)24(39)16-4-5-20-22(10-16)35-36-34-20/h4-5,10-12H,6-9,13-15H2,1-3H3,(H,33,40)(H,34,35,36). The number of nitrogens with one attached hydrogen (secondary N) is 2. The molecule has 42 heavy (non-hydrogen) atoms. The lowest BCUT2D eigenvalue weighted by atomic mass is 9.93. The monoisotopic (exact) mass is 585 g/mol. The van der Waals surface area contributed by atoms with Gasteiger partial charge in [0, 0.05) is 43.4 Å². The van der Waals surface area contributed by atoms with E-state index >= 15 is 0 Å². The number of benzene rings is 1. The Bertz CT molecular complexity index is 1580. The number of halogens is 3. The van der Waals surface area contributed by atoms with Gasteiger partial charge in [-0.3, -0.25) is 14.6 Å². The zero-order chi connectivity index (χ0) is 30.2. The van der Waals surface area contributed by atoms with Crippen LogP contribution in [0.4, 0.5) is 23.7 Å². The molecule has 0 radical (unpaired) electrons. The van der Waals surface area contributed by atoms with Crippen molar-refractivity contribution >= 4 is 34.6 Å². The summed E-state index contributed by atoms with van der Waals surface area (Å²) < 4.78 is 45.3. The number of hydrogen-bond acceptors (Lipinski definition) is 7. The summed E-state index contributed by atoms with van der Waals surface area (Å²) in [6, 6.07) is 5.96. The molecule has 0 aliphatic carbocycles. The molecule has 2 aliphatic rings. The first-order valence-electron chi connectivity index (χ1n) is 13.4. The number of carbonyl (C=O) groups excluding carboxylic acids is 3. The number of amides is 3. The van der Waals surface area contributed by atoms with E-state index in [0.717, 1.165) is 17.2 Å². The number of aromatic amines is 1. The maximum atomic E-state index is 13.3. The topological polar surface area (TPSA) is 133 Å². The normalized spacial score (nSPS) is 16.0. The van der Waals surface area contributed by atoms with Crippen molar-refractivity contribution in [3.63, 3.8) is 0 Å². The number of rotatable bonds is 4. The van der Waals surface area contributed by atoms with Gasteiger partial charge in [0.15, 0.2) is 0 Å². The minimum Gasteiger partial charge on any atom is -0.443 e. The molecule has 2 N–H and O–H groups in total. The number of fused-ring (bicyclic) bond motifs is 1. The molecule has 0 saturated heterocycles. The Hall–Kier alpha value is -4.49. The van der Waals surface area contributed by atoms with Crippen LogP contribution in [0.25, 0.3) is 11.0 Å². The highest BCUT2D eigenvalue weighted by Crippen LogP contribution is 2.32. The largest absolute Gasteiger partial charge is 0.443 e. The molecule has 2 aromatic heterocycles. The van der Waals surface area contributed by atoms with Crippen LogP contribution in [0.15, 0.2) is 41.6 Å². The third-order valence-corrected chi connectivity index (χ3v) is 7.30. The lowest BCUT2D eigenvalue weighted by Crippen LogP contribution is -2.44. The second kappa shape index (κ2) is 11.1. The fourth-order valence-electron chi connectivity index (χ4n) is 4.78. The second-order valence-corrected chi connectivity index (χ2v) is 11.4. The van der Waals surface area contributed by atoms with E-state index in [1.165, 1.54) is 4.90 Å². The van der Waals surface area contributed by atoms with Gasteiger partial charge in [0.1, 0.15) is 23.3 Å². The highest BCUT2D eigenvalue weighted by Gasteiger charge is 2.33. The molecule has 11 nitrogen and oxygen atoms in total. The van der Waals surface area contributed by atoms with Gasteiger partial charge in [-0.1, -0.05) is 20.8 Å². The predicted molar refractivity (Wildman–Crippen MR) is 145 cm³/mol. The van der Waals surface area contributed by atoms with Gasteiger partial charge in [0.05, 0.1) is 11.3 Å². The van der Waals surface area contributed by atoms with Crippen LogP contribution in [0.1, 0.15) is 55.2 Å². The Balaban J connectivity index is 1.22. The number of alkyl halides is 3. The molecule has 5 rings (SSSR count). The molecule has 0 bridgehead atoms. The Labute approximate surface area is 239 Å². The van der Waals surface area contributed by atoms with Crippen LogP contribution in [0.2, 0.25) is 0 Å². The van der Waals surface area contributed by atoms with E-state index in [1.54, 1.807) is 43.9 Å². The molecule has 4 heterocycles. The van der Waals surface area contributed by atoms with Gasteiger partial charge in [0.2, 0.25) is 5.91 Å². The number of pyridine rings is 1. The van der Waals surface area contributed by atoms with Gasteiger partial charge in [-0.25, -0.2) is 4.79 Å². The van der Waals surface area contributed by atoms with Crippen LogP contribution in [-0.2, 0) is 22.3 Å². The molecular formula is C28H30F3N7O4. The number of nitrogens with zero attached hydrogens (tertiary/aromatic N) is 5. The number of H-pyrrole nitrogens is 1. The number of hydrogen-bond donors (Lipinski definition) is 2. The van der Waals surface area contributed by atoms with Crippen molar-refractivity contribution in [2.45, 2.75) is 46.4 Å². The van der Waals surface area contributed by atoms with Crippen LogP contribution >= 0.6 is 0 Å². The van der Waals surface area contributed by atoms with Gasteiger partial charge in [-0.05, 0) is 48.3 Å². The summed E-state index contributed by atoms with van der Waals surface area (Å²) in [5.41, 5.74) is 1.90. The van der Waals surface area contributed by atoms with Crippen molar-refractivity contribution in [3.8, 4) is 0 Å². The summed E-state index contributed by atoms with van der Waals surface area (Å²) >= 11 is 0. The fourth-order valence-corrected chi connectivity index (χ4v) is 4.78. The third kappa shape index (κ3) is 6.21. The minimum absolute atomic E-state index is 0.00138. The molecule has 3 amide bonds. The SMILES string of the molecule is CC(C)(C)C(=O)Nc1cc(C(F)(F)F)cnc1COC(=O)N1CCC2=C(CCN(C(=O)c3ccc4n[nH]nc4c3)C2)C1. The molecule has 3 aromatic rings. The average molecular weight is 586 g/mol. The van der Waals surface area contributed by atoms with E-state index in [1.807, 2.05) is 0 Å². The fraction of sp³-hybridized carbons (Fsp3) is 0.429.